The van der Waals surface area contributed by atoms with Crippen LogP contribution in [-0.4, -0.2) is 45.8 Å². The van der Waals surface area contributed by atoms with E-state index < -0.39 is 21.7 Å². The van der Waals surface area contributed by atoms with E-state index in [-0.39, 0.29) is 40.8 Å². The first-order valence-corrected chi connectivity index (χ1v) is 9.65. The van der Waals surface area contributed by atoms with Gasteiger partial charge in [-0.15, -0.1) is 0 Å². The zero-order valence-corrected chi connectivity index (χ0v) is 16.1. The molecule has 8 nitrogen and oxygen atoms in total. The van der Waals surface area contributed by atoms with E-state index in [1.165, 1.54) is 29.2 Å². The second-order valence-corrected chi connectivity index (χ2v) is 7.69. The first-order valence-electron chi connectivity index (χ1n) is 8.10. The molecule has 10 heteroatoms. The van der Waals surface area contributed by atoms with Gasteiger partial charge >= 0.3 is 0 Å². The maximum atomic E-state index is 13.7. The van der Waals surface area contributed by atoms with Crippen molar-refractivity contribution in [2.75, 3.05) is 26.0 Å². The SMILES string of the molecule is CN(C)C(=O)COc1cc(NC(=O)Cc2ccccc2F)cc(S(N)(=O)=O)c1. The normalized spacial score (nSPS) is 11.0. The number of hydrogen-bond donors (Lipinski definition) is 2. The van der Waals surface area contributed by atoms with Crippen molar-refractivity contribution in [2.24, 2.45) is 5.14 Å². The van der Waals surface area contributed by atoms with Crippen molar-refractivity contribution in [2.45, 2.75) is 11.3 Å². The number of anilines is 1. The third-order valence-electron chi connectivity index (χ3n) is 3.66. The molecule has 0 saturated heterocycles. The smallest absolute Gasteiger partial charge is 0.259 e. The molecule has 28 heavy (non-hydrogen) atoms. The maximum Gasteiger partial charge on any atom is 0.259 e. The lowest BCUT2D eigenvalue weighted by molar-refractivity contribution is -0.130. The third kappa shape index (κ3) is 6.03. The first kappa shape index (κ1) is 21.3. The number of ether oxygens (including phenoxy) is 1. The Balaban J connectivity index is 2.22. The fourth-order valence-electron chi connectivity index (χ4n) is 2.19. The van der Waals surface area contributed by atoms with E-state index in [1.54, 1.807) is 20.2 Å². The Morgan fingerprint density at radius 2 is 1.86 bits per heavy atom. The fourth-order valence-corrected chi connectivity index (χ4v) is 2.76. The number of rotatable bonds is 7. The summed E-state index contributed by atoms with van der Waals surface area (Å²) in [5.41, 5.74) is 0.274. The number of nitrogens with zero attached hydrogens (tertiary/aromatic N) is 1. The Morgan fingerprint density at radius 1 is 1.18 bits per heavy atom. The summed E-state index contributed by atoms with van der Waals surface area (Å²) in [6.07, 6.45) is -0.248. The number of amides is 2. The van der Waals surface area contributed by atoms with Crippen LogP contribution in [0.4, 0.5) is 10.1 Å². The van der Waals surface area contributed by atoms with E-state index in [1.807, 2.05) is 0 Å². The summed E-state index contributed by atoms with van der Waals surface area (Å²) >= 11 is 0. The zero-order chi connectivity index (χ0) is 20.9. The standard InChI is InChI=1S/C18H20FN3O5S/c1-22(2)18(24)11-27-14-8-13(9-15(10-14)28(20,25)26)21-17(23)7-12-5-3-4-6-16(12)19/h3-6,8-10H,7,11H2,1-2H3,(H,21,23)(H2,20,25,26). The number of carbonyl (C=O) groups excluding carboxylic acids is 2. The van der Waals surface area contributed by atoms with E-state index in [4.69, 9.17) is 9.88 Å². The van der Waals surface area contributed by atoms with Crippen molar-refractivity contribution in [1.82, 2.24) is 4.90 Å². The van der Waals surface area contributed by atoms with Crippen molar-refractivity contribution in [3.05, 3.63) is 53.8 Å². The minimum atomic E-state index is -4.09. The van der Waals surface area contributed by atoms with E-state index in [9.17, 15) is 22.4 Å². The van der Waals surface area contributed by atoms with Crippen LogP contribution < -0.4 is 15.2 Å². The summed E-state index contributed by atoms with van der Waals surface area (Å²) in [6.45, 7) is -0.330. The number of halogens is 1. The van der Waals surface area contributed by atoms with Gasteiger partial charge in [0.2, 0.25) is 15.9 Å². The zero-order valence-electron chi connectivity index (χ0n) is 15.3. The van der Waals surface area contributed by atoms with Crippen LogP contribution in [0.5, 0.6) is 5.75 Å². The van der Waals surface area contributed by atoms with Crippen LogP contribution in [0.3, 0.4) is 0 Å². The van der Waals surface area contributed by atoms with Crippen LogP contribution in [-0.2, 0) is 26.0 Å². The highest BCUT2D eigenvalue weighted by molar-refractivity contribution is 7.89. The Labute approximate surface area is 162 Å². The molecule has 2 rings (SSSR count). The topological polar surface area (TPSA) is 119 Å². The van der Waals surface area contributed by atoms with Crippen LogP contribution in [0.25, 0.3) is 0 Å². The highest BCUT2D eigenvalue weighted by atomic mass is 32.2. The van der Waals surface area contributed by atoms with Crippen LogP contribution >= 0.6 is 0 Å². The molecule has 0 aromatic heterocycles. The predicted octanol–water partition coefficient (Wildman–Crippen LogP) is 1.12. The number of nitrogens with two attached hydrogens (primary N) is 1. The number of nitrogens with one attached hydrogen (secondary N) is 1. The molecule has 0 aliphatic heterocycles. The molecule has 2 aromatic carbocycles. The van der Waals surface area contributed by atoms with Crippen LogP contribution in [0.2, 0.25) is 0 Å². The summed E-state index contributed by atoms with van der Waals surface area (Å²) in [4.78, 5) is 24.9. The van der Waals surface area contributed by atoms with Crippen LogP contribution in [0, 0.1) is 5.82 Å². The van der Waals surface area contributed by atoms with Gasteiger partial charge in [0.15, 0.2) is 6.61 Å². The average Bonchev–Trinajstić information content (AvgIpc) is 2.60. The minimum absolute atomic E-state index is 0.0305. The van der Waals surface area contributed by atoms with Crippen molar-refractivity contribution < 1.29 is 27.1 Å². The lowest BCUT2D eigenvalue weighted by atomic mass is 10.1. The van der Waals surface area contributed by atoms with Gasteiger partial charge in [0, 0.05) is 31.9 Å². The number of benzene rings is 2. The third-order valence-corrected chi connectivity index (χ3v) is 4.56. The molecule has 2 aromatic rings. The molecular formula is C18H20FN3O5S. The number of primary sulfonamides is 1. The molecule has 0 saturated carbocycles. The van der Waals surface area contributed by atoms with Crippen LogP contribution in [0.15, 0.2) is 47.4 Å². The van der Waals surface area contributed by atoms with E-state index in [2.05, 4.69) is 5.32 Å². The molecule has 0 aliphatic rings. The Bertz CT molecular complexity index is 992. The van der Waals surface area contributed by atoms with Gasteiger partial charge in [0.1, 0.15) is 11.6 Å². The van der Waals surface area contributed by atoms with Gasteiger partial charge in [-0.2, -0.15) is 0 Å². The van der Waals surface area contributed by atoms with Gasteiger partial charge in [0.05, 0.1) is 11.3 Å². The second-order valence-electron chi connectivity index (χ2n) is 6.13. The first-order chi connectivity index (χ1) is 13.1. The predicted molar refractivity (Wildman–Crippen MR) is 101 cm³/mol. The highest BCUT2D eigenvalue weighted by Gasteiger charge is 2.15. The fraction of sp³-hybridized carbons (Fsp3) is 0.222. The largest absolute Gasteiger partial charge is 0.484 e. The van der Waals surface area contributed by atoms with Gasteiger partial charge in [0.25, 0.3) is 5.91 Å². The molecule has 0 fully saturated rings. The van der Waals surface area contributed by atoms with Crippen molar-refractivity contribution >= 4 is 27.5 Å². The lowest BCUT2D eigenvalue weighted by Crippen LogP contribution is -2.27. The minimum Gasteiger partial charge on any atom is -0.484 e. The van der Waals surface area contributed by atoms with Crippen LogP contribution in [0.1, 0.15) is 5.56 Å². The van der Waals surface area contributed by atoms with E-state index >= 15 is 0 Å². The molecule has 0 bridgehead atoms. The molecule has 3 N–H and O–H groups in total. The van der Waals surface area contributed by atoms with Crippen molar-refractivity contribution in [1.29, 1.82) is 0 Å². The molecule has 0 atom stereocenters. The molecule has 0 aliphatic carbocycles. The summed E-state index contributed by atoms with van der Waals surface area (Å²) in [7, 11) is -1.01. The quantitative estimate of drug-likeness (QED) is 0.710. The Hall–Kier alpha value is -2.98. The number of sulfonamides is 1. The molecular weight excluding hydrogens is 389 g/mol. The Kier molecular flexibility index (Phi) is 6.71. The molecule has 150 valence electrons. The molecule has 0 heterocycles. The van der Waals surface area contributed by atoms with Gasteiger partial charge in [-0.25, -0.2) is 17.9 Å². The maximum absolute atomic E-state index is 13.7. The van der Waals surface area contributed by atoms with Gasteiger partial charge in [-0.05, 0) is 17.7 Å². The molecule has 2 amide bonds. The summed E-state index contributed by atoms with van der Waals surface area (Å²) in [5, 5.41) is 7.63. The Morgan fingerprint density at radius 3 is 2.46 bits per heavy atom. The van der Waals surface area contributed by atoms with E-state index in [0.29, 0.717) is 0 Å². The summed E-state index contributed by atoms with van der Waals surface area (Å²) in [5.74, 6) is -1.40. The van der Waals surface area contributed by atoms with Crippen molar-refractivity contribution in [3.8, 4) is 5.75 Å². The summed E-state index contributed by atoms with van der Waals surface area (Å²) in [6, 6.07) is 9.44. The number of hydrogen-bond acceptors (Lipinski definition) is 5. The van der Waals surface area contributed by atoms with Gasteiger partial charge in [-0.3, -0.25) is 9.59 Å². The number of carbonyl (C=O) groups is 2. The molecule has 0 spiro atoms. The average molecular weight is 409 g/mol. The molecule has 0 unspecified atom stereocenters. The highest BCUT2D eigenvalue weighted by Crippen LogP contribution is 2.24. The lowest BCUT2D eigenvalue weighted by Gasteiger charge is -2.13. The van der Waals surface area contributed by atoms with Gasteiger partial charge < -0.3 is 15.0 Å². The number of likely N-dealkylation sites (N-methyl/N-ethyl adjacent to an activating group) is 1. The second kappa shape index (κ2) is 8.81. The molecule has 0 radical (unpaired) electrons. The van der Waals surface area contributed by atoms with Crippen molar-refractivity contribution in [3.63, 3.8) is 0 Å². The monoisotopic (exact) mass is 409 g/mol. The van der Waals surface area contributed by atoms with Gasteiger partial charge in [-0.1, -0.05) is 18.2 Å². The summed E-state index contributed by atoms with van der Waals surface area (Å²) < 4.78 is 42.4. The van der Waals surface area contributed by atoms with E-state index in [0.717, 1.165) is 12.1 Å².